The van der Waals surface area contributed by atoms with Crippen LogP contribution in [0.4, 0.5) is 0 Å². The zero-order valence-corrected chi connectivity index (χ0v) is 21.2. The van der Waals surface area contributed by atoms with Crippen molar-refractivity contribution in [3.63, 3.8) is 0 Å². The lowest BCUT2D eigenvalue weighted by Crippen LogP contribution is -1.96. The molecule has 40 heavy (non-hydrogen) atoms. The number of hydrogen-bond donors (Lipinski definition) is 0. The molecule has 0 aliphatic heterocycles. The van der Waals surface area contributed by atoms with Gasteiger partial charge < -0.3 is 0 Å². The normalized spacial score (nSPS) is 11.5. The highest BCUT2D eigenvalue weighted by Crippen LogP contribution is 2.32. The maximum atomic E-state index is 5.06. The van der Waals surface area contributed by atoms with Gasteiger partial charge in [-0.05, 0) is 57.9 Å². The molecule has 8 aromatic rings. The summed E-state index contributed by atoms with van der Waals surface area (Å²) in [5.41, 5.74) is 6.27. The topological polar surface area (TPSA) is 77.3 Å². The standard InChI is InChI=1S/C34H20N6/c1-2-4-22-12-29-13-26(8-5-23(29)11-21(22)3-1)34-39-32(24-6-9-27-17-35-19-37-30(27)14-24)16-33(40-34)25-7-10-28-18-36-20-38-31(28)15-25/h1-20H. The van der Waals surface area contributed by atoms with Gasteiger partial charge in [0.05, 0.1) is 22.4 Å². The molecule has 0 aliphatic carbocycles. The van der Waals surface area contributed by atoms with E-state index in [1.54, 1.807) is 12.7 Å². The number of nitrogens with zero attached hydrogens (tertiary/aromatic N) is 6. The molecule has 0 atom stereocenters. The van der Waals surface area contributed by atoms with Crippen LogP contribution in [0.2, 0.25) is 0 Å². The van der Waals surface area contributed by atoms with E-state index in [0.29, 0.717) is 5.82 Å². The second-order valence-electron chi connectivity index (χ2n) is 9.82. The minimum absolute atomic E-state index is 0.660. The van der Waals surface area contributed by atoms with Crippen LogP contribution in [0, 0.1) is 0 Å². The molecule has 0 spiro atoms. The average Bonchev–Trinajstić information content (AvgIpc) is 3.02. The first kappa shape index (κ1) is 22.4. The minimum Gasteiger partial charge on any atom is -0.244 e. The first-order valence-electron chi connectivity index (χ1n) is 13.0. The highest BCUT2D eigenvalue weighted by atomic mass is 14.9. The van der Waals surface area contributed by atoms with Crippen molar-refractivity contribution in [3.05, 3.63) is 122 Å². The van der Waals surface area contributed by atoms with E-state index in [1.165, 1.54) is 16.2 Å². The van der Waals surface area contributed by atoms with E-state index in [9.17, 15) is 0 Å². The summed E-state index contributed by atoms with van der Waals surface area (Å²) in [6.07, 6.45) is 6.77. The summed E-state index contributed by atoms with van der Waals surface area (Å²) in [4.78, 5) is 27.3. The molecule has 0 aliphatic rings. The van der Waals surface area contributed by atoms with Crippen molar-refractivity contribution >= 4 is 43.4 Å². The van der Waals surface area contributed by atoms with Crippen molar-refractivity contribution in [2.75, 3.05) is 0 Å². The lowest BCUT2D eigenvalue weighted by Gasteiger charge is -2.11. The van der Waals surface area contributed by atoms with Gasteiger partial charge in [0.25, 0.3) is 0 Å². The molecule has 0 unspecified atom stereocenters. The largest absolute Gasteiger partial charge is 0.244 e. The molecule has 0 N–H and O–H groups in total. The summed E-state index contributed by atoms with van der Waals surface area (Å²) >= 11 is 0. The Morgan fingerprint density at radius 3 is 1.55 bits per heavy atom. The van der Waals surface area contributed by atoms with Gasteiger partial charge in [-0.3, -0.25) is 0 Å². The molecule has 0 saturated heterocycles. The Kier molecular flexibility index (Phi) is 5.03. The molecule has 6 heteroatoms. The molecule has 8 rings (SSSR count). The molecule has 5 aromatic carbocycles. The fourth-order valence-corrected chi connectivity index (χ4v) is 5.22. The fourth-order valence-electron chi connectivity index (χ4n) is 5.22. The van der Waals surface area contributed by atoms with E-state index in [-0.39, 0.29) is 0 Å². The zero-order valence-electron chi connectivity index (χ0n) is 21.2. The fraction of sp³-hybridized carbons (Fsp3) is 0. The average molecular weight is 513 g/mol. The molecular weight excluding hydrogens is 492 g/mol. The van der Waals surface area contributed by atoms with Gasteiger partial charge in [0.15, 0.2) is 5.82 Å². The van der Waals surface area contributed by atoms with Gasteiger partial charge in [-0.2, -0.15) is 0 Å². The third kappa shape index (κ3) is 3.90. The molecule has 3 aromatic heterocycles. The molecule has 0 saturated carbocycles. The Morgan fingerprint density at radius 1 is 0.400 bits per heavy atom. The van der Waals surface area contributed by atoms with Crippen LogP contribution >= 0.6 is 0 Å². The number of hydrogen-bond acceptors (Lipinski definition) is 6. The number of fused-ring (bicyclic) bond motifs is 4. The van der Waals surface area contributed by atoms with Gasteiger partial charge in [-0.25, -0.2) is 29.9 Å². The number of rotatable bonds is 3. The van der Waals surface area contributed by atoms with E-state index >= 15 is 0 Å². The molecule has 0 radical (unpaired) electrons. The van der Waals surface area contributed by atoms with Crippen molar-refractivity contribution in [2.45, 2.75) is 0 Å². The van der Waals surface area contributed by atoms with Gasteiger partial charge in [-0.1, -0.05) is 60.7 Å². The summed E-state index contributed by atoms with van der Waals surface area (Å²) in [5, 5.41) is 6.73. The predicted octanol–water partition coefficient (Wildman–Crippen LogP) is 7.67. The Balaban J connectivity index is 1.33. The van der Waals surface area contributed by atoms with Crippen molar-refractivity contribution in [2.24, 2.45) is 0 Å². The van der Waals surface area contributed by atoms with Crippen molar-refractivity contribution < 1.29 is 0 Å². The maximum Gasteiger partial charge on any atom is 0.160 e. The molecule has 0 bridgehead atoms. The van der Waals surface area contributed by atoms with Gasteiger partial charge in [0.2, 0.25) is 0 Å². The first-order chi connectivity index (χ1) is 19.8. The molecule has 0 fully saturated rings. The molecule has 0 amide bonds. The van der Waals surface area contributed by atoms with Gasteiger partial charge in [0.1, 0.15) is 12.7 Å². The van der Waals surface area contributed by atoms with Crippen LogP contribution in [0.1, 0.15) is 0 Å². The van der Waals surface area contributed by atoms with Crippen molar-refractivity contribution in [3.8, 4) is 33.9 Å². The van der Waals surface area contributed by atoms with Gasteiger partial charge in [0, 0.05) is 39.9 Å². The Labute approximate surface area is 229 Å². The number of benzene rings is 5. The Bertz CT molecular complexity index is 2140. The predicted molar refractivity (Wildman–Crippen MR) is 160 cm³/mol. The highest BCUT2D eigenvalue weighted by Gasteiger charge is 2.13. The quantitative estimate of drug-likeness (QED) is 0.226. The number of aromatic nitrogens is 6. The third-order valence-corrected chi connectivity index (χ3v) is 7.30. The lowest BCUT2D eigenvalue weighted by atomic mass is 10.0. The summed E-state index contributed by atoms with van der Waals surface area (Å²) in [6.45, 7) is 0. The van der Waals surface area contributed by atoms with Crippen LogP contribution in [-0.4, -0.2) is 29.9 Å². The van der Waals surface area contributed by atoms with E-state index in [1.807, 2.05) is 42.7 Å². The van der Waals surface area contributed by atoms with Crippen LogP contribution < -0.4 is 0 Å². The van der Waals surface area contributed by atoms with Crippen molar-refractivity contribution in [1.29, 1.82) is 0 Å². The lowest BCUT2D eigenvalue weighted by molar-refractivity contribution is 1.18. The summed E-state index contributed by atoms with van der Waals surface area (Å²) < 4.78 is 0. The van der Waals surface area contributed by atoms with Gasteiger partial charge in [-0.15, -0.1) is 0 Å². The molecule has 186 valence electrons. The van der Waals surface area contributed by atoms with Crippen LogP contribution in [0.3, 0.4) is 0 Å². The minimum atomic E-state index is 0.660. The Hall–Kier alpha value is -5.62. The van der Waals surface area contributed by atoms with Gasteiger partial charge >= 0.3 is 0 Å². The van der Waals surface area contributed by atoms with Crippen LogP contribution in [-0.2, 0) is 0 Å². The second kappa shape index (κ2) is 8.99. The Morgan fingerprint density at radius 2 is 0.925 bits per heavy atom. The zero-order chi connectivity index (χ0) is 26.5. The molecular formula is C34H20N6. The maximum absolute atomic E-state index is 5.06. The van der Waals surface area contributed by atoms with E-state index < -0.39 is 0 Å². The monoisotopic (exact) mass is 512 g/mol. The van der Waals surface area contributed by atoms with E-state index in [0.717, 1.165) is 55.3 Å². The second-order valence-corrected chi connectivity index (χ2v) is 9.82. The third-order valence-electron chi connectivity index (χ3n) is 7.30. The summed E-state index contributed by atoms with van der Waals surface area (Å²) in [5.74, 6) is 0.660. The van der Waals surface area contributed by atoms with Crippen LogP contribution in [0.15, 0.2) is 122 Å². The first-order valence-corrected chi connectivity index (χ1v) is 13.0. The smallest absolute Gasteiger partial charge is 0.160 e. The molecule has 6 nitrogen and oxygen atoms in total. The highest BCUT2D eigenvalue weighted by molar-refractivity contribution is 5.99. The summed E-state index contributed by atoms with van der Waals surface area (Å²) in [7, 11) is 0. The van der Waals surface area contributed by atoms with E-state index in [2.05, 4.69) is 86.7 Å². The van der Waals surface area contributed by atoms with Crippen LogP contribution in [0.25, 0.3) is 77.3 Å². The van der Waals surface area contributed by atoms with Crippen LogP contribution in [0.5, 0.6) is 0 Å². The summed E-state index contributed by atoms with van der Waals surface area (Å²) in [6, 6.07) is 33.6. The van der Waals surface area contributed by atoms with E-state index in [4.69, 9.17) is 9.97 Å². The SMILES string of the molecule is c1ccc2cc3cc(-c4nc(-c5ccc6cncnc6c5)cc(-c5ccc6cncnc6c5)n4)ccc3cc2c1. The molecule has 3 heterocycles. The van der Waals surface area contributed by atoms with Crippen molar-refractivity contribution in [1.82, 2.24) is 29.9 Å².